The summed E-state index contributed by atoms with van der Waals surface area (Å²) in [7, 11) is 0. The Labute approximate surface area is 75.3 Å². The minimum atomic E-state index is -0.169. The Morgan fingerprint density at radius 3 is 2.67 bits per heavy atom. The summed E-state index contributed by atoms with van der Waals surface area (Å²) in [6.45, 7) is 6.81. The van der Waals surface area contributed by atoms with Crippen LogP contribution in [0.3, 0.4) is 0 Å². The van der Waals surface area contributed by atoms with Gasteiger partial charge in [0, 0.05) is 0 Å². The zero-order chi connectivity index (χ0) is 9.40. The van der Waals surface area contributed by atoms with Crippen molar-refractivity contribution in [3.8, 4) is 0 Å². The largest absolute Gasteiger partial charge is 0.465 e. The van der Waals surface area contributed by atoms with Crippen molar-refractivity contribution in [3.05, 3.63) is 6.42 Å². The van der Waals surface area contributed by atoms with Gasteiger partial charge in [0.05, 0.1) is 13.0 Å². The first-order valence-electron chi connectivity index (χ1n) is 4.66. The molecule has 0 aromatic carbocycles. The highest BCUT2D eigenvalue weighted by Crippen LogP contribution is 2.05. The second kappa shape index (κ2) is 7.14. The van der Waals surface area contributed by atoms with E-state index in [0.717, 1.165) is 19.3 Å². The van der Waals surface area contributed by atoms with Crippen molar-refractivity contribution >= 4 is 5.97 Å². The molecule has 0 aromatic heterocycles. The summed E-state index contributed by atoms with van der Waals surface area (Å²) in [6, 6.07) is 0. The van der Waals surface area contributed by atoms with Crippen LogP contribution in [0.15, 0.2) is 0 Å². The van der Waals surface area contributed by atoms with Gasteiger partial charge >= 0.3 is 5.97 Å². The van der Waals surface area contributed by atoms with Crippen LogP contribution in [-0.4, -0.2) is 12.6 Å². The SMILES string of the molecule is CCCOC(=O)[CH]CCC(C)C. The minimum Gasteiger partial charge on any atom is -0.465 e. The zero-order valence-electron chi connectivity index (χ0n) is 8.30. The van der Waals surface area contributed by atoms with Crippen LogP contribution in [0.1, 0.15) is 40.0 Å². The summed E-state index contributed by atoms with van der Waals surface area (Å²) in [5.74, 6) is 0.484. The predicted octanol–water partition coefficient (Wildman–Crippen LogP) is 2.58. The number of rotatable bonds is 6. The van der Waals surface area contributed by atoms with Gasteiger partial charge in [0.1, 0.15) is 0 Å². The van der Waals surface area contributed by atoms with Crippen molar-refractivity contribution in [2.45, 2.75) is 40.0 Å². The molecule has 0 bridgehead atoms. The molecule has 2 heteroatoms. The molecule has 0 fully saturated rings. The van der Waals surface area contributed by atoms with E-state index in [9.17, 15) is 4.79 Å². The Bertz CT molecular complexity index is 119. The Balaban J connectivity index is 3.20. The van der Waals surface area contributed by atoms with Gasteiger partial charge in [0.25, 0.3) is 0 Å². The molecule has 0 atom stereocenters. The average Bonchev–Trinajstić information content (AvgIpc) is 2.00. The predicted molar refractivity (Wildman–Crippen MR) is 49.6 cm³/mol. The van der Waals surface area contributed by atoms with Crippen LogP contribution in [0.4, 0.5) is 0 Å². The van der Waals surface area contributed by atoms with E-state index >= 15 is 0 Å². The molecule has 0 spiro atoms. The Morgan fingerprint density at radius 2 is 2.17 bits per heavy atom. The zero-order valence-corrected chi connectivity index (χ0v) is 8.30. The third-order valence-corrected chi connectivity index (χ3v) is 1.50. The lowest BCUT2D eigenvalue weighted by atomic mass is 10.1. The molecule has 0 heterocycles. The van der Waals surface area contributed by atoms with Gasteiger partial charge in [0.15, 0.2) is 0 Å². The van der Waals surface area contributed by atoms with Gasteiger partial charge in [-0.25, -0.2) is 0 Å². The van der Waals surface area contributed by atoms with E-state index in [0.29, 0.717) is 12.5 Å². The Kier molecular flexibility index (Phi) is 6.82. The lowest BCUT2D eigenvalue weighted by Gasteiger charge is -2.04. The van der Waals surface area contributed by atoms with Crippen LogP contribution < -0.4 is 0 Å². The first-order valence-corrected chi connectivity index (χ1v) is 4.66. The van der Waals surface area contributed by atoms with Crippen molar-refractivity contribution in [2.24, 2.45) is 5.92 Å². The van der Waals surface area contributed by atoms with Crippen LogP contribution >= 0.6 is 0 Å². The van der Waals surface area contributed by atoms with E-state index in [1.54, 1.807) is 6.42 Å². The van der Waals surface area contributed by atoms with Gasteiger partial charge in [-0.1, -0.05) is 27.2 Å². The molecule has 0 saturated carbocycles. The standard InChI is InChI=1S/C10H19O2/c1-4-8-12-10(11)7-5-6-9(2)3/h7,9H,4-6,8H2,1-3H3. The van der Waals surface area contributed by atoms with Crippen LogP contribution in [0.25, 0.3) is 0 Å². The summed E-state index contributed by atoms with van der Waals surface area (Å²) < 4.78 is 4.88. The molecule has 0 saturated heterocycles. The van der Waals surface area contributed by atoms with E-state index in [-0.39, 0.29) is 5.97 Å². The normalized spacial score (nSPS) is 10.3. The highest BCUT2D eigenvalue weighted by atomic mass is 16.5. The molecule has 0 N–H and O–H groups in total. The van der Waals surface area contributed by atoms with Crippen LogP contribution in [-0.2, 0) is 9.53 Å². The second-order valence-electron chi connectivity index (χ2n) is 3.34. The molecule has 0 aliphatic rings. The molecule has 0 aromatic rings. The lowest BCUT2D eigenvalue weighted by molar-refractivity contribution is -0.139. The van der Waals surface area contributed by atoms with Crippen molar-refractivity contribution in [2.75, 3.05) is 6.61 Å². The number of hydrogen-bond donors (Lipinski definition) is 0. The van der Waals surface area contributed by atoms with Crippen molar-refractivity contribution < 1.29 is 9.53 Å². The van der Waals surface area contributed by atoms with Gasteiger partial charge in [-0.15, -0.1) is 0 Å². The number of hydrogen-bond acceptors (Lipinski definition) is 2. The fourth-order valence-electron chi connectivity index (χ4n) is 0.796. The summed E-state index contributed by atoms with van der Waals surface area (Å²) >= 11 is 0. The molecule has 0 aliphatic heterocycles. The average molecular weight is 171 g/mol. The molecular weight excluding hydrogens is 152 g/mol. The van der Waals surface area contributed by atoms with Gasteiger partial charge in [-0.05, 0) is 18.8 Å². The molecule has 2 nitrogen and oxygen atoms in total. The maximum absolute atomic E-state index is 10.9. The second-order valence-corrected chi connectivity index (χ2v) is 3.34. The third-order valence-electron chi connectivity index (χ3n) is 1.50. The quantitative estimate of drug-likeness (QED) is 0.574. The maximum atomic E-state index is 10.9. The summed E-state index contributed by atoms with van der Waals surface area (Å²) in [5, 5.41) is 0. The Hall–Kier alpha value is -0.530. The molecule has 0 rings (SSSR count). The molecule has 0 unspecified atom stereocenters. The topological polar surface area (TPSA) is 26.3 Å². The smallest absolute Gasteiger partial charge is 0.309 e. The van der Waals surface area contributed by atoms with E-state index in [1.165, 1.54) is 0 Å². The van der Waals surface area contributed by atoms with Crippen molar-refractivity contribution in [3.63, 3.8) is 0 Å². The summed E-state index contributed by atoms with van der Waals surface area (Å²) in [5.41, 5.74) is 0. The van der Waals surface area contributed by atoms with Gasteiger partial charge < -0.3 is 4.74 Å². The highest BCUT2D eigenvalue weighted by molar-refractivity contribution is 5.78. The van der Waals surface area contributed by atoms with E-state index < -0.39 is 0 Å². The van der Waals surface area contributed by atoms with Gasteiger partial charge in [0.2, 0.25) is 0 Å². The molecular formula is C10H19O2. The van der Waals surface area contributed by atoms with Gasteiger partial charge in [-0.2, -0.15) is 0 Å². The van der Waals surface area contributed by atoms with Crippen LogP contribution in [0.2, 0.25) is 0 Å². The number of ether oxygens (including phenoxy) is 1. The van der Waals surface area contributed by atoms with Crippen molar-refractivity contribution in [1.82, 2.24) is 0 Å². The van der Waals surface area contributed by atoms with Crippen LogP contribution in [0, 0.1) is 12.3 Å². The molecule has 1 radical (unpaired) electrons. The number of carbonyl (C=O) groups is 1. The minimum absolute atomic E-state index is 0.169. The molecule has 12 heavy (non-hydrogen) atoms. The molecule has 0 aliphatic carbocycles. The Morgan fingerprint density at radius 1 is 1.50 bits per heavy atom. The highest BCUT2D eigenvalue weighted by Gasteiger charge is 2.02. The van der Waals surface area contributed by atoms with E-state index in [4.69, 9.17) is 4.74 Å². The first-order chi connectivity index (χ1) is 5.66. The fraction of sp³-hybridized carbons (Fsp3) is 0.800. The van der Waals surface area contributed by atoms with E-state index in [2.05, 4.69) is 13.8 Å². The van der Waals surface area contributed by atoms with Crippen LogP contribution in [0.5, 0.6) is 0 Å². The molecule has 71 valence electrons. The number of carbonyl (C=O) groups excluding carboxylic acids is 1. The van der Waals surface area contributed by atoms with E-state index in [1.807, 2.05) is 6.92 Å². The first kappa shape index (κ1) is 11.5. The third kappa shape index (κ3) is 7.58. The monoisotopic (exact) mass is 171 g/mol. The maximum Gasteiger partial charge on any atom is 0.309 e. The lowest BCUT2D eigenvalue weighted by Crippen LogP contribution is -2.06. The summed E-state index contributed by atoms with van der Waals surface area (Å²) in [6.07, 6.45) is 4.42. The van der Waals surface area contributed by atoms with Crippen molar-refractivity contribution in [1.29, 1.82) is 0 Å². The van der Waals surface area contributed by atoms with Gasteiger partial charge in [-0.3, -0.25) is 4.79 Å². The fourth-order valence-corrected chi connectivity index (χ4v) is 0.796. The number of esters is 1. The summed E-state index contributed by atoms with van der Waals surface area (Å²) in [4.78, 5) is 10.9. The molecule has 0 amide bonds.